The number of anilines is 5. The van der Waals surface area contributed by atoms with Crippen LogP contribution in [0.2, 0.25) is 0 Å². The van der Waals surface area contributed by atoms with Crippen molar-refractivity contribution >= 4 is 60.8 Å². The number of para-hydroxylation sites is 1. The van der Waals surface area contributed by atoms with Gasteiger partial charge in [0.2, 0.25) is 0 Å². The normalized spacial score (nSPS) is 12.6. The lowest BCUT2D eigenvalue weighted by molar-refractivity contribution is 0.768. The number of rotatable bonds is 6. The lowest BCUT2D eigenvalue weighted by atomic mass is 9.91. The van der Waals surface area contributed by atoms with E-state index in [9.17, 15) is 5.26 Å². The highest BCUT2D eigenvalue weighted by atomic mass is 15.1. The molecular formula is C50H35N3. The first-order valence-corrected chi connectivity index (χ1v) is 18.4. The van der Waals surface area contributed by atoms with E-state index in [2.05, 4.69) is 180 Å². The minimum absolute atomic E-state index is 0.638. The molecule has 0 N–H and O–H groups in total. The Hall–Kier alpha value is -6.89. The number of hydrogen-bond acceptors (Lipinski definition) is 3. The molecule has 1 aliphatic rings. The zero-order valence-corrected chi connectivity index (χ0v) is 29.2. The van der Waals surface area contributed by atoms with Crippen molar-refractivity contribution in [1.82, 2.24) is 0 Å². The molecular weight excluding hydrogens is 643 g/mol. The second-order valence-corrected chi connectivity index (χ2v) is 14.0. The van der Waals surface area contributed by atoms with E-state index in [0.717, 1.165) is 58.7 Å². The van der Waals surface area contributed by atoms with Crippen molar-refractivity contribution in [3.05, 3.63) is 187 Å². The van der Waals surface area contributed by atoms with Crippen molar-refractivity contribution in [3.63, 3.8) is 0 Å². The summed E-state index contributed by atoms with van der Waals surface area (Å²) in [7, 11) is 0. The van der Waals surface area contributed by atoms with E-state index in [4.69, 9.17) is 0 Å². The maximum absolute atomic E-state index is 9.73. The van der Waals surface area contributed by atoms with E-state index in [-0.39, 0.29) is 0 Å². The molecule has 1 aliphatic heterocycles. The molecule has 0 amide bonds. The van der Waals surface area contributed by atoms with Gasteiger partial charge in [0.25, 0.3) is 0 Å². The summed E-state index contributed by atoms with van der Waals surface area (Å²) in [4.78, 5) is 4.89. The summed E-state index contributed by atoms with van der Waals surface area (Å²) >= 11 is 0. The molecule has 1 heterocycles. The third kappa shape index (κ3) is 5.27. The summed E-state index contributed by atoms with van der Waals surface area (Å²) in [5.74, 6) is 0. The summed E-state index contributed by atoms with van der Waals surface area (Å²) in [6.45, 7) is 1.00. The van der Waals surface area contributed by atoms with Crippen LogP contribution in [0.5, 0.6) is 0 Å². The Morgan fingerprint density at radius 3 is 1.79 bits per heavy atom. The van der Waals surface area contributed by atoms with Gasteiger partial charge in [-0.3, -0.25) is 0 Å². The van der Waals surface area contributed by atoms with Gasteiger partial charge < -0.3 is 9.80 Å². The maximum Gasteiger partial charge on any atom is 0.0991 e. The molecule has 0 saturated carbocycles. The summed E-state index contributed by atoms with van der Waals surface area (Å²) in [6.07, 6.45) is 2.25. The van der Waals surface area contributed by atoms with Gasteiger partial charge in [-0.15, -0.1) is 0 Å². The third-order valence-electron chi connectivity index (χ3n) is 10.9. The molecule has 9 aromatic carbocycles. The Morgan fingerprint density at radius 2 is 1.09 bits per heavy atom. The zero-order chi connectivity index (χ0) is 35.3. The summed E-state index contributed by atoms with van der Waals surface area (Å²) in [5, 5.41) is 17.2. The standard InChI is InChI=1S/C50H35N3/c51-33-34-17-23-42(24-18-34)53(43-31-40(35-10-3-1-4-11-35)30-41(32-43)36-12-5-2-6-13-36)48-28-22-39-19-25-44-47(27-21-38-20-26-45(48)50(39)49(38)44)52-29-9-15-37-14-7-8-16-46(37)52/h1-8,10-14,16-28,30-32H,9,15,29H2. The monoisotopic (exact) mass is 677 g/mol. The molecule has 0 aromatic heterocycles. The minimum Gasteiger partial charge on any atom is -0.341 e. The summed E-state index contributed by atoms with van der Waals surface area (Å²) in [5.41, 5.74) is 12.4. The van der Waals surface area contributed by atoms with E-state index in [1.165, 1.54) is 49.3 Å². The molecule has 9 aromatic rings. The molecule has 250 valence electrons. The lowest BCUT2D eigenvalue weighted by Gasteiger charge is -2.33. The molecule has 3 heteroatoms. The van der Waals surface area contributed by atoms with Crippen LogP contribution in [-0.4, -0.2) is 6.54 Å². The summed E-state index contributed by atoms with van der Waals surface area (Å²) < 4.78 is 0. The van der Waals surface area contributed by atoms with Crippen LogP contribution in [0.1, 0.15) is 17.5 Å². The number of benzene rings is 9. The smallest absolute Gasteiger partial charge is 0.0991 e. The van der Waals surface area contributed by atoms with Crippen LogP contribution in [0, 0.1) is 11.3 Å². The van der Waals surface area contributed by atoms with Crippen LogP contribution in [0.3, 0.4) is 0 Å². The van der Waals surface area contributed by atoms with Crippen LogP contribution in [0.25, 0.3) is 54.6 Å². The van der Waals surface area contributed by atoms with Gasteiger partial charge in [0.1, 0.15) is 0 Å². The molecule has 0 unspecified atom stereocenters. The molecule has 0 atom stereocenters. The van der Waals surface area contributed by atoms with Crippen molar-refractivity contribution in [2.75, 3.05) is 16.3 Å². The van der Waals surface area contributed by atoms with Crippen molar-refractivity contribution in [1.29, 1.82) is 5.26 Å². The molecule has 0 aliphatic carbocycles. The van der Waals surface area contributed by atoms with Crippen molar-refractivity contribution in [2.24, 2.45) is 0 Å². The van der Waals surface area contributed by atoms with Gasteiger partial charge in [0, 0.05) is 40.1 Å². The fourth-order valence-electron chi connectivity index (χ4n) is 8.43. The Kier molecular flexibility index (Phi) is 7.41. The first-order valence-electron chi connectivity index (χ1n) is 18.4. The fraction of sp³-hybridized carbons (Fsp3) is 0.0600. The highest BCUT2D eigenvalue weighted by Gasteiger charge is 2.23. The number of aryl methyl sites for hydroxylation is 1. The van der Waals surface area contributed by atoms with Crippen LogP contribution >= 0.6 is 0 Å². The molecule has 0 radical (unpaired) electrons. The Bertz CT molecular complexity index is 2760. The van der Waals surface area contributed by atoms with Crippen molar-refractivity contribution in [2.45, 2.75) is 12.8 Å². The SMILES string of the molecule is N#Cc1ccc(N(c2cc(-c3ccccc3)cc(-c3ccccc3)c2)c2ccc3ccc4c(N5CCCc6ccccc65)ccc5ccc2c3c54)cc1. The maximum atomic E-state index is 9.73. The quantitative estimate of drug-likeness (QED) is 0.164. The molecule has 0 saturated heterocycles. The van der Waals surface area contributed by atoms with E-state index in [1.54, 1.807) is 0 Å². The van der Waals surface area contributed by atoms with E-state index >= 15 is 0 Å². The highest BCUT2D eigenvalue weighted by Crippen LogP contribution is 2.48. The number of nitriles is 1. The van der Waals surface area contributed by atoms with Gasteiger partial charge in [0.05, 0.1) is 17.3 Å². The topological polar surface area (TPSA) is 30.3 Å². The summed E-state index contributed by atoms with van der Waals surface area (Å²) in [6, 6.07) is 65.6. The lowest BCUT2D eigenvalue weighted by Crippen LogP contribution is -2.24. The molecule has 3 nitrogen and oxygen atoms in total. The van der Waals surface area contributed by atoms with E-state index in [0.29, 0.717) is 5.56 Å². The molecule has 0 fully saturated rings. The van der Waals surface area contributed by atoms with Gasteiger partial charge in [-0.2, -0.15) is 5.26 Å². The average Bonchev–Trinajstić information content (AvgIpc) is 3.24. The van der Waals surface area contributed by atoms with E-state index < -0.39 is 0 Å². The number of fused-ring (bicyclic) bond motifs is 1. The predicted octanol–water partition coefficient (Wildman–Crippen LogP) is 13.3. The van der Waals surface area contributed by atoms with Crippen LogP contribution < -0.4 is 9.80 Å². The fourth-order valence-corrected chi connectivity index (χ4v) is 8.43. The Balaban J connectivity index is 1.23. The van der Waals surface area contributed by atoms with Crippen LogP contribution in [0.4, 0.5) is 28.4 Å². The number of nitrogens with zero attached hydrogens (tertiary/aromatic N) is 3. The van der Waals surface area contributed by atoms with Gasteiger partial charge in [0.15, 0.2) is 0 Å². The molecule has 53 heavy (non-hydrogen) atoms. The second-order valence-electron chi connectivity index (χ2n) is 14.0. The van der Waals surface area contributed by atoms with E-state index in [1.807, 2.05) is 12.1 Å². The largest absolute Gasteiger partial charge is 0.341 e. The second kappa shape index (κ2) is 12.7. The molecule has 10 rings (SSSR count). The van der Waals surface area contributed by atoms with Crippen LogP contribution in [-0.2, 0) is 6.42 Å². The average molecular weight is 678 g/mol. The van der Waals surface area contributed by atoms with Gasteiger partial charge in [-0.05, 0) is 123 Å². The Morgan fingerprint density at radius 1 is 0.491 bits per heavy atom. The predicted molar refractivity (Wildman–Crippen MR) is 222 cm³/mol. The van der Waals surface area contributed by atoms with Gasteiger partial charge in [-0.1, -0.05) is 115 Å². The minimum atomic E-state index is 0.638. The molecule has 0 spiro atoms. The molecule has 0 bridgehead atoms. The van der Waals surface area contributed by atoms with Crippen molar-refractivity contribution < 1.29 is 0 Å². The van der Waals surface area contributed by atoms with Crippen molar-refractivity contribution in [3.8, 4) is 28.3 Å². The first kappa shape index (κ1) is 30.9. The zero-order valence-electron chi connectivity index (χ0n) is 29.2. The van der Waals surface area contributed by atoms with Gasteiger partial charge in [-0.25, -0.2) is 0 Å². The first-order chi connectivity index (χ1) is 26.2. The third-order valence-corrected chi connectivity index (χ3v) is 10.9. The number of hydrogen-bond donors (Lipinski definition) is 0. The van der Waals surface area contributed by atoms with Crippen LogP contribution in [0.15, 0.2) is 176 Å². The highest BCUT2D eigenvalue weighted by molar-refractivity contribution is 6.28. The Labute approximate surface area is 309 Å². The van der Waals surface area contributed by atoms with Gasteiger partial charge >= 0.3 is 0 Å².